The summed E-state index contributed by atoms with van der Waals surface area (Å²) in [6.07, 6.45) is 19.7. The van der Waals surface area contributed by atoms with Crippen LogP contribution in [0.2, 0.25) is 0 Å². The summed E-state index contributed by atoms with van der Waals surface area (Å²) < 4.78 is 86.7. The average Bonchev–Trinajstić information content (AvgIpc) is 1.03. The minimum Gasteiger partial charge on any atom is -0.465 e. The topological polar surface area (TPSA) is 508 Å². The zero-order valence-corrected chi connectivity index (χ0v) is 71.9. The maximum atomic E-state index is 13.5. The second-order valence-electron chi connectivity index (χ2n) is 35.8. The monoisotopic (exact) mass is 1790 g/mol. The summed E-state index contributed by atoms with van der Waals surface area (Å²) in [5.41, 5.74) is -8.28. The maximum absolute atomic E-state index is 13.5. The van der Waals surface area contributed by atoms with Crippen molar-refractivity contribution >= 4 is 29.8 Å². The summed E-state index contributed by atoms with van der Waals surface area (Å²) in [5.74, 6) is -0.567. The van der Waals surface area contributed by atoms with E-state index in [9.17, 15) is 81.5 Å². The molecule has 14 aliphatic rings. The molecule has 14 fully saturated rings. The van der Waals surface area contributed by atoms with Gasteiger partial charge in [-0.3, -0.25) is 24.0 Å². The van der Waals surface area contributed by atoms with Crippen molar-refractivity contribution in [2.45, 2.75) is 311 Å². The molecule has 0 amide bonds. The lowest BCUT2D eigenvalue weighted by Crippen LogP contribution is -2.55. The van der Waals surface area contributed by atoms with Gasteiger partial charge in [0, 0.05) is 78.9 Å². The van der Waals surface area contributed by atoms with Crippen molar-refractivity contribution in [2.24, 2.45) is 43.7 Å². The normalized spacial score (nSPS) is 28.6. The predicted molar refractivity (Wildman–Crippen MR) is 439 cm³/mol. The van der Waals surface area contributed by atoms with E-state index in [1.165, 1.54) is 20.2 Å². The maximum Gasteiger partial charge on any atom is 0.336 e. The molecule has 0 spiro atoms. The number of fused-ring (bicyclic) bond motifs is 5. The van der Waals surface area contributed by atoms with Crippen LogP contribution in [0.1, 0.15) is 161 Å². The fraction of sp³-hybridized carbons (Fsp3) is 0.774. The number of esters is 5. The van der Waals surface area contributed by atoms with Crippen LogP contribution in [0.3, 0.4) is 0 Å². The number of carbonyl (C=O) groups excluding carboxylic acids is 5. The largest absolute Gasteiger partial charge is 0.465 e. The van der Waals surface area contributed by atoms with Crippen molar-refractivity contribution in [1.29, 1.82) is 0 Å². The van der Waals surface area contributed by atoms with Gasteiger partial charge < -0.3 is 66.3 Å². The van der Waals surface area contributed by atoms with Gasteiger partial charge in [0.05, 0.1) is 178 Å². The predicted octanol–water partition coefficient (Wildman–Crippen LogP) is -2.00. The van der Waals surface area contributed by atoms with E-state index in [2.05, 4.69) is 6.58 Å². The molecule has 13 heterocycles. The number of epoxide rings is 9. The Kier molecular flexibility index (Phi) is 30.0. The quantitative estimate of drug-likeness (QED) is 0.0201. The van der Waals surface area contributed by atoms with Gasteiger partial charge in [-0.1, -0.05) is 6.08 Å². The first-order chi connectivity index (χ1) is 61.2. The second-order valence-corrected chi connectivity index (χ2v) is 35.8. The molecule has 9 saturated heterocycles. The van der Waals surface area contributed by atoms with Crippen molar-refractivity contribution in [3.8, 4) is 0 Å². The zero-order chi connectivity index (χ0) is 89.4. The van der Waals surface area contributed by atoms with E-state index >= 15 is 0 Å². The number of carbonyl (C=O) groups is 5. The molecular formula is C84H116N12O31. The van der Waals surface area contributed by atoms with Crippen LogP contribution in [0.4, 0.5) is 0 Å². The Balaban J connectivity index is 0.000000142. The first kappa shape index (κ1) is 92.1. The van der Waals surface area contributed by atoms with Crippen molar-refractivity contribution in [3.63, 3.8) is 0 Å². The molecule has 0 bridgehead atoms. The first-order valence-electron chi connectivity index (χ1n) is 45.0. The molecule has 43 heteroatoms. The molecule has 0 N–H and O–H groups in total. The molecule has 127 heavy (non-hydrogen) atoms. The fourth-order valence-corrected chi connectivity index (χ4v) is 17.8. The summed E-state index contributed by atoms with van der Waals surface area (Å²) in [7, 11) is 2.66. The number of allylic oxidation sites excluding steroid dienone is 1. The summed E-state index contributed by atoms with van der Waals surface area (Å²) in [5, 5.41) is 0. The lowest BCUT2D eigenvalue weighted by atomic mass is 9.90. The molecule has 43 nitrogen and oxygen atoms in total. The van der Waals surface area contributed by atoms with E-state index < -0.39 is 86.2 Å². The minimum atomic E-state index is -0.806. The Hall–Kier alpha value is -9.63. The lowest BCUT2D eigenvalue weighted by Gasteiger charge is -2.19. The molecular weight excluding hydrogens is 1670 g/mol. The van der Waals surface area contributed by atoms with Gasteiger partial charge in [0.2, 0.25) is 0 Å². The van der Waals surface area contributed by atoms with Crippen molar-refractivity contribution in [3.05, 3.63) is 138 Å². The number of hydrogen-bond acceptors (Lipinski definition) is 31. The smallest absolute Gasteiger partial charge is 0.336 e. The van der Waals surface area contributed by atoms with Crippen LogP contribution in [0.5, 0.6) is 0 Å². The highest BCUT2D eigenvalue weighted by Crippen LogP contribution is 2.43. The highest BCUT2D eigenvalue weighted by atomic mass is 16.6. The molecule has 0 radical (unpaired) electrons. The van der Waals surface area contributed by atoms with E-state index in [0.717, 1.165) is 151 Å². The van der Waals surface area contributed by atoms with Crippen LogP contribution >= 0.6 is 0 Å². The van der Waals surface area contributed by atoms with Crippen molar-refractivity contribution in [2.75, 3.05) is 59.5 Å². The van der Waals surface area contributed by atoms with Gasteiger partial charge in [0.25, 0.3) is 0 Å². The Bertz CT molecular complexity index is 5060. The standard InChI is InChI=1S/C36H51N3O12.C26H37N3O9.C12H15N3O5.C10H13N3O5/c40-31(46-19-22-7-10-25-28(16-22)49-25)4-1-13-37-34(43)38(14-2-5-32(41)47-20-23-8-11-26-29(17-23)50-26)36(45)39(35(37)44)15-3-6-33(42)48-21-24-9-12-27-30(18-24)51-27;1-27-24(32)28(10-2-4-22(30)35-14-16-6-8-18-20(12-16)37-18)26(34)29(25(27)33)11-3-5-23(31)36-15-17-7-9-19-21(13-17)38-19;1-2-3-13-10(16)14(4-8-6-19-8)12(18)15(11(13)17)5-9-7-20-9;1-11-8(14)12(2-6-4-17-6)10(16)13(9(11)15)3-7-5-18-7/h22-30H,1-21H2;16-21H,2-15H2,1H3;2,8-9H,1,3-7H2;6-7H,2-5H2,1H3. The van der Waals surface area contributed by atoms with Gasteiger partial charge in [-0.2, -0.15) is 0 Å². The molecule has 9 aliphatic heterocycles. The first-order valence-corrected chi connectivity index (χ1v) is 45.0. The molecule has 19 unspecified atom stereocenters. The molecule has 698 valence electrons. The molecule has 4 aromatic heterocycles. The Morgan fingerprint density at radius 2 is 0.472 bits per heavy atom. The Morgan fingerprint density at radius 1 is 0.283 bits per heavy atom. The fourth-order valence-electron chi connectivity index (χ4n) is 17.8. The third kappa shape index (κ3) is 24.9. The van der Waals surface area contributed by atoms with E-state index in [4.69, 9.17) is 66.3 Å². The van der Waals surface area contributed by atoms with Crippen LogP contribution in [0.15, 0.2) is 70.2 Å². The summed E-state index contributed by atoms with van der Waals surface area (Å²) in [4.78, 5) is 213. The third-order valence-electron chi connectivity index (χ3n) is 26.0. The van der Waals surface area contributed by atoms with Crippen LogP contribution in [-0.4, -0.2) is 230 Å². The lowest BCUT2D eigenvalue weighted by molar-refractivity contribution is -0.146. The molecule has 18 rings (SSSR count). The minimum absolute atomic E-state index is 0.000997. The van der Waals surface area contributed by atoms with Crippen LogP contribution in [-0.2, 0) is 170 Å². The summed E-state index contributed by atoms with van der Waals surface area (Å²) in [6.45, 7) is 7.78. The van der Waals surface area contributed by atoms with Gasteiger partial charge in [-0.15, -0.1) is 6.58 Å². The molecule has 5 saturated carbocycles. The van der Waals surface area contributed by atoms with E-state index in [1.54, 1.807) is 0 Å². The zero-order valence-electron chi connectivity index (χ0n) is 71.9. The van der Waals surface area contributed by atoms with Crippen LogP contribution < -0.4 is 68.3 Å². The van der Waals surface area contributed by atoms with Crippen LogP contribution in [0.25, 0.3) is 0 Å². The Labute approximate surface area is 725 Å². The molecule has 4 aromatic rings. The summed E-state index contributed by atoms with van der Waals surface area (Å²) >= 11 is 0. The van der Waals surface area contributed by atoms with Gasteiger partial charge >= 0.3 is 98.1 Å². The van der Waals surface area contributed by atoms with Crippen molar-refractivity contribution in [1.82, 2.24) is 54.8 Å². The number of hydrogen-bond donors (Lipinski definition) is 0. The van der Waals surface area contributed by atoms with Gasteiger partial charge in [-0.05, 0) is 158 Å². The van der Waals surface area contributed by atoms with E-state index in [-0.39, 0.29) is 202 Å². The number of rotatable bonds is 40. The van der Waals surface area contributed by atoms with Gasteiger partial charge in [0.1, 0.15) is 0 Å². The van der Waals surface area contributed by atoms with Crippen LogP contribution in [0, 0.1) is 29.6 Å². The second kappa shape index (κ2) is 41.4. The SMILES string of the molecule is C=CCn1c(=O)n(CC2CO2)c(=O)n(CC2CO2)c1=O.Cn1c(=O)n(CC2CO2)c(=O)n(CC2CO2)c1=O.Cn1c(=O)n(CCCC(=O)OCC2CCC3OC3C2)c(=O)n(CCCC(=O)OCC2CCC3OC3C2)c1=O.O=C(CCCn1c(=O)n(CCCC(=O)OCC2CCC3OC3C2)c(=O)n(CCCC(=O)OCC2CCC3OC3C2)c1=O)OCC1CCC2OC2C1. The highest BCUT2D eigenvalue weighted by Gasteiger charge is 2.48. The third-order valence-corrected chi connectivity index (χ3v) is 26.0. The summed E-state index contributed by atoms with van der Waals surface area (Å²) in [6, 6.07) is 0. The van der Waals surface area contributed by atoms with E-state index in [0.29, 0.717) is 114 Å². The molecule has 19 atom stereocenters. The van der Waals surface area contributed by atoms with Gasteiger partial charge in [-0.25, -0.2) is 112 Å². The highest BCUT2D eigenvalue weighted by molar-refractivity contribution is 5.70. The number of aromatic nitrogens is 12. The number of ether oxygens (including phenoxy) is 14. The van der Waals surface area contributed by atoms with Crippen molar-refractivity contribution < 1.29 is 90.3 Å². The number of nitrogens with zero attached hydrogens (tertiary/aromatic N) is 12. The average molecular weight is 1790 g/mol. The van der Waals surface area contributed by atoms with Gasteiger partial charge in [0.15, 0.2) is 0 Å². The molecule has 5 aliphatic carbocycles. The molecule has 0 aromatic carbocycles. The Morgan fingerprint density at radius 3 is 0.677 bits per heavy atom. The van der Waals surface area contributed by atoms with E-state index in [1.807, 2.05) is 0 Å².